The number of nitrogens with zero attached hydrogens (tertiary/aromatic N) is 1. The molecule has 0 radical (unpaired) electrons. The van der Waals surface area contributed by atoms with Crippen molar-refractivity contribution in [3.05, 3.63) is 66.2 Å². The minimum Gasteiger partial charge on any atom is -0.343 e. The highest BCUT2D eigenvalue weighted by molar-refractivity contribution is 6.93. The van der Waals surface area contributed by atoms with Gasteiger partial charge in [-0.25, -0.2) is 0 Å². The molecule has 0 heterocycles. The Kier molecular flexibility index (Phi) is 6.38. The molecule has 0 saturated carbocycles. The lowest BCUT2D eigenvalue weighted by Gasteiger charge is -2.35. The molecule has 0 saturated heterocycles. The van der Waals surface area contributed by atoms with E-state index in [0.717, 1.165) is 19.5 Å². The molecule has 2 nitrogen and oxygen atoms in total. The van der Waals surface area contributed by atoms with E-state index in [0.29, 0.717) is 5.91 Å². The average molecular weight is 340 g/mol. The van der Waals surface area contributed by atoms with Gasteiger partial charge in [-0.2, -0.15) is 0 Å². The van der Waals surface area contributed by atoms with Gasteiger partial charge in [0.15, 0.2) is 0 Å². The number of benzene rings is 2. The fourth-order valence-electron chi connectivity index (χ4n) is 3.33. The monoisotopic (exact) mass is 339 g/mol. The van der Waals surface area contributed by atoms with E-state index >= 15 is 0 Å². The lowest BCUT2D eigenvalue weighted by molar-refractivity contribution is -0.130. The Morgan fingerprint density at radius 3 is 1.92 bits per heavy atom. The molecule has 1 unspecified atom stereocenters. The molecule has 2 aromatic carbocycles. The summed E-state index contributed by atoms with van der Waals surface area (Å²) in [5.41, 5.74) is 1.31. The number of carbonyl (C=O) groups is 1. The van der Waals surface area contributed by atoms with Gasteiger partial charge in [0.05, 0.1) is 8.07 Å². The van der Waals surface area contributed by atoms with E-state index in [2.05, 4.69) is 75.5 Å². The zero-order valence-corrected chi connectivity index (χ0v) is 16.3. The fraction of sp³-hybridized carbons (Fsp3) is 0.381. The van der Waals surface area contributed by atoms with E-state index in [1.54, 1.807) is 0 Å². The van der Waals surface area contributed by atoms with Crippen molar-refractivity contribution in [3.63, 3.8) is 0 Å². The van der Waals surface area contributed by atoms with Gasteiger partial charge in [-0.15, -0.1) is 0 Å². The van der Waals surface area contributed by atoms with Crippen molar-refractivity contribution >= 4 is 19.2 Å². The molecule has 1 amide bonds. The smallest absolute Gasteiger partial charge is 0.223 e. The predicted octanol–water partition coefficient (Wildman–Crippen LogP) is 4.08. The topological polar surface area (TPSA) is 20.3 Å². The molecule has 0 aliphatic rings. The largest absolute Gasteiger partial charge is 0.343 e. The lowest BCUT2D eigenvalue weighted by Crippen LogP contribution is -2.53. The lowest BCUT2D eigenvalue weighted by atomic mass is 10.1. The molecule has 0 N–H and O–H groups in total. The SMILES string of the molecule is CCN(CC)C(=O)C(Cc1ccccc1)[Si](C)(C)c1ccccc1. The summed E-state index contributed by atoms with van der Waals surface area (Å²) < 4.78 is 0. The highest BCUT2D eigenvalue weighted by atomic mass is 28.3. The van der Waals surface area contributed by atoms with Gasteiger partial charge >= 0.3 is 0 Å². The Hall–Kier alpha value is -1.87. The van der Waals surface area contributed by atoms with Crippen molar-refractivity contribution < 1.29 is 4.79 Å². The third-order valence-electron chi connectivity index (χ3n) is 5.04. The van der Waals surface area contributed by atoms with Crippen LogP contribution in [0.1, 0.15) is 19.4 Å². The molecule has 2 rings (SSSR count). The first kappa shape index (κ1) is 18.5. The van der Waals surface area contributed by atoms with Crippen LogP contribution in [0.2, 0.25) is 18.6 Å². The van der Waals surface area contributed by atoms with E-state index in [9.17, 15) is 4.79 Å². The molecular formula is C21H29NOSi. The Bertz CT molecular complexity index is 635. The third-order valence-corrected chi connectivity index (χ3v) is 9.06. The van der Waals surface area contributed by atoms with Gasteiger partial charge in [-0.05, 0) is 25.8 Å². The maximum absolute atomic E-state index is 13.3. The minimum absolute atomic E-state index is 0.0576. The third kappa shape index (κ3) is 4.15. The van der Waals surface area contributed by atoms with Crippen molar-refractivity contribution in [2.45, 2.75) is 38.9 Å². The van der Waals surface area contributed by atoms with Crippen LogP contribution in [-0.4, -0.2) is 32.0 Å². The molecule has 0 spiro atoms. The second kappa shape index (κ2) is 8.29. The molecule has 128 valence electrons. The Morgan fingerprint density at radius 2 is 1.42 bits per heavy atom. The average Bonchev–Trinajstić information content (AvgIpc) is 2.62. The first-order valence-corrected chi connectivity index (χ1v) is 12.0. The van der Waals surface area contributed by atoms with Crippen molar-refractivity contribution in [1.82, 2.24) is 4.90 Å². The van der Waals surface area contributed by atoms with Crippen LogP contribution < -0.4 is 5.19 Å². The summed E-state index contributed by atoms with van der Waals surface area (Å²) >= 11 is 0. The normalized spacial score (nSPS) is 12.7. The van der Waals surface area contributed by atoms with E-state index in [1.165, 1.54) is 10.8 Å². The summed E-state index contributed by atoms with van der Waals surface area (Å²) in [5.74, 6) is 0.310. The van der Waals surface area contributed by atoms with Crippen LogP contribution in [-0.2, 0) is 11.2 Å². The molecule has 0 aliphatic heterocycles. The second-order valence-corrected chi connectivity index (χ2v) is 11.6. The van der Waals surface area contributed by atoms with Gasteiger partial charge < -0.3 is 4.90 Å². The van der Waals surface area contributed by atoms with E-state index in [-0.39, 0.29) is 5.54 Å². The first-order valence-electron chi connectivity index (χ1n) is 8.88. The van der Waals surface area contributed by atoms with Crippen LogP contribution in [0.3, 0.4) is 0 Å². The van der Waals surface area contributed by atoms with E-state index in [1.807, 2.05) is 17.0 Å². The van der Waals surface area contributed by atoms with Gasteiger partial charge in [-0.3, -0.25) is 4.79 Å². The van der Waals surface area contributed by atoms with Crippen LogP contribution >= 0.6 is 0 Å². The molecule has 1 atom stereocenters. The minimum atomic E-state index is -1.94. The van der Waals surface area contributed by atoms with Gasteiger partial charge in [0.1, 0.15) is 0 Å². The fourth-order valence-corrected chi connectivity index (χ4v) is 6.33. The zero-order chi connectivity index (χ0) is 17.6. The maximum Gasteiger partial charge on any atom is 0.223 e. The summed E-state index contributed by atoms with van der Waals surface area (Å²) in [6, 6.07) is 21.0. The highest BCUT2D eigenvalue weighted by Gasteiger charge is 2.40. The molecule has 0 bridgehead atoms. The molecule has 2 aromatic rings. The molecule has 0 aliphatic carbocycles. The molecule has 0 aromatic heterocycles. The highest BCUT2D eigenvalue weighted by Crippen LogP contribution is 2.28. The summed E-state index contributed by atoms with van der Waals surface area (Å²) in [4.78, 5) is 15.3. The van der Waals surface area contributed by atoms with Crippen LogP contribution in [0.4, 0.5) is 0 Å². The van der Waals surface area contributed by atoms with Gasteiger partial charge in [0.25, 0.3) is 0 Å². The summed E-state index contributed by atoms with van der Waals surface area (Å²) in [6.07, 6.45) is 0.824. The number of carbonyl (C=O) groups excluding carboxylic acids is 1. The Balaban J connectivity index is 2.40. The van der Waals surface area contributed by atoms with Crippen molar-refractivity contribution in [1.29, 1.82) is 0 Å². The second-order valence-electron chi connectivity index (χ2n) is 6.84. The zero-order valence-electron chi connectivity index (χ0n) is 15.3. The quantitative estimate of drug-likeness (QED) is 0.696. The molecule has 0 fully saturated rings. The van der Waals surface area contributed by atoms with E-state index < -0.39 is 8.07 Å². The van der Waals surface area contributed by atoms with Crippen LogP contribution in [0.5, 0.6) is 0 Å². The Labute approximate surface area is 147 Å². The standard InChI is InChI=1S/C21H29NOSi/c1-5-22(6-2)21(23)20(17-18-13-9-7-10-14-18)24(3,4)19-15-11-8-12-16-19/h7-16,20H,5-6,17H2,1-4H3. The summed E-state index contributed by atoms with van der Waals surface area (Å²) in [6.45, 7) is 10.4. The molecule has 24 heavy (non-hydrogen) atoms. The number of hydrogen-bond acceptors (Lipinski definition) is 1. The van der Waals surface area contributed by atoms with Crippen LogP contribution in [0.25, 0.3) is 0 Å². The van der Waals surface area contributed by atoms with Crippen molar-refractivity contribution in [2.24, 2.45) is 0 Å². The van der Waals surface area contributed by atoms with Crippen molar-refractivity contribution in [2.75, 3.05) is 13.1 Å². The van der Waals surface area contributed by atoms with E-state index in [4.69, 9.17) is 0 Å². The summed E-state index contributed by atoms with van der Waals surface area (Å²) in [5, 5.41) is 1.35. The van der Waals surface area contributed by atoms with Gasteiger partial charge in [0, 0.05) is 18.6 Å². The first-order chi connectivity index (χ1) is 11.5. The van der Waals surface area contributed by atoms with Crippen LogP contribution in [0.15, 0.2) is 60.7 Å². The van der Waals surface area contributed by atoms with Crippen LogP contribution in [0, 0.1) is 0 Å². The number of amides is 1. The summed E-state index contributed by atoms with van der Waals surface area (Å²) in [7, 11) is -1.94. The predicted molar refractivity (Wildman–Crippen MR) is 105 cm³/mol. The molecular weight excluding hydrogens is 310 g/mol. The number of hydrogen-bond donors (Lipinski definition) is 0. The van der Waals surface area contributed by atoms with Gasteiger partial charge in [0.2, 0.25) is 5.91 Å². The Morgan fingerprint density at radius 1 is 0.917 bits per heavy atom. The maximum atomic E-state index is 13.3. The molecule has 3 heteroatoms. The van der Waals surface area contributed by atoms with Gasteiger partial charge in [-0.1, -0.05) is 78.9 Å². The van der Waals surface area contributed by atoms with Crippen molar-refractivity contribution in [3.8, 4) is 0 Å². The number of rotatable bonds is 7.